The van der Waals surface area contributed by atoms with E-state index in [1.807, 2.05) is 0 Å². The topological polar surface area (TPSA) is 114 Å². The monoisotopic (exact) mass is 331 g/mol. The number of amides is 2. The second-order valence-electron chi connectivity index (χ2n) is 5.49. The zero-order chi connectivity index (χ0) is 17.1. The number of aliphatic hydroxyl groups excluding tert-OH is 1. The number of morpholine rings is 1. The zero-order valence-corrected chi connectivity index (χ0v) is 13.0. The van der Waals surface area contributed by atoms with Crippen molar-refractivity contribution in [2.24, 2.45) is 0 Å². The molecule has 2 heterocycles. The van der Waals surface area contributed by atoms with Crippen molar-refractivity contribution in [3.8, 4) is 0 Å². The molecule has 126 valence electrons. The van der Waals surface area contributed by atoms with Crippen LogP contribution >= 0.6 is 0 Å². The molecule has 1 aromatic heterocycles. The van der Waals surface area contributed by atoms with Crippen LogP contribution in [-0.2, 0) is 9.53 Å². The molecular formula is C16H17N3O5. The Hall–Kier alpha value is -2.71. The van der Waals surface area contributed by atoms with Crippen LogP contribution in [0.5, 0.6) is 0 Å². The smallest absolute Gasteiger partial charge is 0.277 e. The molecule has 2 amide bonds. The minimum Gasteiger partial charge on any atom is -0.394 e. The van der Waals surface area contributed by atoms with Gasteiger partial charge in [0, 0.05) is 11.8 Å². The fraction of sp³-hybridized carbons (Fsp3) is 0.312. The van der Waals surface area contributed by atoms with Crippen molar-refractivity contribution in [3.05, 3.63) is 47.3 Å². The number of carbonyl (C=O) groups excluding carboxylic acids is 2. The van der Waals surface area contributed by atoms with Gasteiger partial charge < -0.3 is 25.0 Å². The predicted molar refractivity (Wildman–Crippen MR) is 83.3 cm³/mol. The minimum atomic E-state index is -0.496. The molecule has 1 saturated heterocycles. The van der Waals surface area contributed by atoms with Crippen molar-refractivity contribution in [2.75, 3.05) is 18.5 Å². The van der Waals surface area contributed by atoms with Gasteiger partial charge in [0.2, 0.25) is 5.91 Å². The first kappa shape index (κ1) is 16.2. The number of anilines is 1. The highest BCUT2D eigenvalue weighted by Crippen LogP contribution is 2.25. The molecular weight excluding hydrogens is 314 g/mol. The fourth-order valence-corrected chi connectivity index (χ4v) is 2.50. The summed E-state index contributed by atoms with van der Waals surface area (Å²) in [6, 6.07) is 8.03. The molecule has 1 fully saturated rings. The quantitative estimate of drug-likeness (QED) is 0.763. The number of aliphatic hydroxyl groups is 1. The summed E-state index contributed by atoms with van der Waals surface area (Å²) in [5, 5.41) is 18.4. The van der Waals surface area contributed by atoms with Crippen molar-refractivity contribution in [1.29, 1.82) is 0 Å². The molecule has 0 spiro atoms. The van der Waals surface area contributed by atoms with Gasteiger partial charge in [-0.15, -0.1) is 0 Å². The lowest BCUT2D eigenvalue weighted by Crippen LogP contribution is -2.49. The normalized spacial score (nSPS) is 20.5. The maximum absolute atomic E-state index is 12.0. The summed E-state index contributed by atoms with van der Waals surface area (Å²) >= 11 is 0. The van der Waals surface area contributed by atoms with Gasteiger partial charge in [0.1, 0.15) is 18.5 Å². The number of aromatic nitrogens is 1. The standard InChI is InChI=1S/C16H17N3O5/c1-9-6-12(19-24-9)16(22)17-11-4-2-10(3-5-11)15-13(7-20)18-14(21)8-23-15/h2-6,13,15,20H,7-8H2,1H3,(H,17,22)(H,18,21)/t13-,15-/m1/s1. The molecule has 2 aromatic rings. The van der Waals surface area contributed by atoms with Crippen molar-refractivity contribution in [3.63, 3.8) is 0 Å². The Morgan fingerprint density at radius 3 is 2.79 bits per heavy atom. The van der Waals surface area contributed by atoms with E-state index >= 15 is 0 Å². The Balaban J connectivity index is 1.69. The number of nitrogens with zero attached hydrogens (tertiary/aromatic N) is 1. The van der Waals surface area contributed by atoms with Crippen LogP contribution in [0.1, 0.15) is 27.9 Å². The molecule has 3 rings (SSSR count). The molecule has 1 aliphatic heterocycles. The number of hydrogen-bond donors (Lipinski definition) is 3. The first-order valence-electron chi connectivity index (χ1n) is 7.43. The Kier molecular flexibility index (Phi) is 4.59. The second kappa shape index (κ2) is 6.81. The number of rotatable bonds is 4. The molecule has 0 radical (unpaired) electrons. The maximum Gasteiger partial charge on any atom is 0.277 e. The third-order valence-corrected chi connectivity index (χ3v) is 3.66. The van der Waals surface area contributed by atoms with Gasteiger partial charge in [-0.2, -0.15) is 0 Å². The Morgan fingerprint density at radius 1 is 1.42 bits per heavy atom. The summed E-state index contributed by atoms with van der Waals surface area (Å²) in [5.41, 5.74) is 1.59. The largest absolute Gasteiger partial charge is 0.394 e. The summed E-state index contributed by atoms with van der Waals surface area (Å²) in [6.45, 7) is 1.44. The molecule has 24 heavy (non-hydrogen) atoms. The van der Waals surface area contributed by atoms with Crippen LogP contribution in [0.25, 0.3) is 0 Å². The number of aryl methyl sites for hydroxylation is 1. The highest BCUT2D eigenvalue weighted by molar-refractivity contribution is 6.02. The number of hydrogen-bond acceptors (Lipinski definition) is 6. The third-order valence-electron chi connectivity index (χ3n) is 3.66. The van der Waals surface area contributed by atoms with E-state index in [-0.39, 0.29) is 30.7 Å². The van der Waals surface area contributed by atoms with Crippen molar-refractivity contribution in [1.82, 2.24) is 10.5 Å². The Morgan fingerprint density at radius 2 is 2.17 bits per heavy atom. The van der Waals surface area contributed by atoms with Crippen molar-refractivity contribution in [2.45, 2.75) is 19.1 Å². The van der Waals surface area contributed by atoms with E-state index in [4.69, 9.17) is 9.26 Å². The maximum atomic E-state index is 12.0. The molecule has 0 saturated carbocycles. The lowest BCUT2D eigenvalue weighted by molar-refractivity contribution is -0.138. The first-order chi connectivity index (χ1) is 11.6. The van der Waals surface area contributed by atoms with Gasteiger partial charge in [-0.3, -0.25) is 9.59 Å². The van der Waals surface area contributed by atoms with E-state index in [1.165, 1.54) is 0 Å². The van der Waals surface area contributed by atoms with Crippen LogP contribution in [0.2, 0.25) is 0 Å². The zero-order valence-electron chi connectivity index (χ0n) is 13.0. The molecule has 0 aliphatic carbocycles. The van der Waals surface area contributed by atoms with Crippen LogP contribution in [0.15, 0.2) is 34.9 Å². The van der Waals surface area contributed by atoms with Gasteiger partial charge in [-0.25, -0.2) is 0 Å². The summed E-state index contributed by atoms with van der Waals surface area (Å²) in [5.74, 6) is -0.0619. The van der Waals surface area contributed by atoms with E-state index in [0.29, 0.717) is 11.4 Å². The van der Waals surface area contributed by atoms with Gasteiger partial charge in [0.25, 0.3) is 5.91 Å². The van der Waals surface area contributed by atoms with E-state index in [1.54, 1.807) is 37.3 Å². The number of benzene rings is 1. The number of carbonyl (C=O) groups is 2. The van der Waals surface area contributed by atoms with E-state index in [0.717, 1.165) is 5.56 Å². The molecule has 0 bridgehead atoms. The van der Waals surface area contributed by atoms with Gasteiger partial charge >= 0.3 is 0 Å². The van der Waals surface area contributed by atoms with Gasteiger partial charge in [0.15, 0.2) is 5.69 Å². The van der Waals surface area contributed by atoms with Crippen molar-refractivity contribution >= 4 is 17.5 Å². The molecule has 1 aliphatic rings. The summed E-state index contributed by atoms with van der Waals surface area (Å²) < 4.78 is 10.4. The van der Waals surface area contributed by atoms with Gasteiger partial charge in [-0.05, 0) is 24.6 Å². The Labute approximate surface area is 137 Å². The van der Waals surface area contributed by atoms with Crippen LogP contribution in [0, 0.1) is 6.92 Å². The highest BCUT2D eigenvalue weighted by atomic mass is 16.5. The molecule has 1 aromatic carbocycles. The first-order valence-corrected chi connectivity index (χ1v) is 7.43. The summed E-state index contributed by atoms with van der Waals surface area (Å²) in [4.78, 5) is 23.3. The second-order valence-corrected chi connectivity index (χ2v) is 5.49. The van der Waals surface area contributed by atoms with Crippen LogP contribution in [0.4, 0.5) is 5.69 Å². The molecule has 8 heteroatoms. The van der Waals surface area contributed by atoms with E-state index in [9.17, 15) is 14.7 Å². The lowest BCUT2D eigenvalue weighted by Gasteiger charge is -2.31. The third kappa shape index (κ3) is 3.44. The number of nitrogens with one attached hydrogen (secondary N) is 2. The predicted octanol–water partition coefficient (Wildman–Crippen LogP) is 0.784. The van der Waals surface area contributed by atoms with Crippen LogP contribution in [-0.4, -0.2) is 41.3 Å². The van der Waals surface area contributed by atoms with Crippen molar-refractivity contribution < 1.29 is 24.0 Å². The van der Waals surface area contributed by atoms with Gasteiger partial charge in [-0.1, -0.05) is 17.3 Å². The molecule has 0 unspecified atom stereocenters. The van der Waals surface area contributed by atoms with Gasteiger partial charge in [0.05, 0.1) is 12.6 Å². The Bertz CT molecular complexity index is 740. The highest BCUT2D eigenvalue weighted by Gasteiger charge is 2.30. The van der Waals surface area contributed by atoms with E-state index in [2.05, 4.69) is 15.8 Å². The lowest BCUT2D eigenvalue weighted by atomic mass is 10.0. The van der Waals surface area contributed by atoms with E-state index < -0.39 is 12.1 Å². The fourth-order valence-electron chi connectivity index (χ4n) is 2.50. The average Bonchev–Trinajstić information content (AvgIpc) is 3.02. The molecule has 2 atom stereocenters. The minimum absolute atomic E-state index is 0.0504. The average molecular weight is 331 g/mol. The molecule has 8 nitrogen and oxygen atoms in total. The van der Waals surface area contributed by atoms with Crippen LogP contribution < -0.4 is 10.6 Å². The van der Waals surface area contributed by atoms with Crippen LogP contribution in [0.3, 0.4) is 0 Å². The summed E-state index contributed by atoms with van der Waals surface area (Å²) in [6.07, 6.45) is -0.435. The number of ether oxygens (including phenoxy) is 1. The SMILES string of the molecule is Cc1cc(C(=O)Nc2ccc([C@H]3OCC(=O)N[C@@H]3CO)cc2)no1. The molecule has 3 N–H and O–H groups in total. The summed E-state index contributed by atoms with van der Waals surface area (Å²) in [7, 11) is 0.